The summed E-state index contributed by atoms with van der Waals surface area (Å²) in [7, 11) is 0. The van der Waals surface area contributed by atoms with Gasteiger partial charge in [0.15, 0.2) is 5.78 Å². The molecule has 0 heterocycles. The molecule has 0 saturated heterocycles. The van der Waals surface area contributed by atoms with Gasteiger partial charge in [-0.3, -0.25) is 4.79 Å². The third kappa shape index (κ3) is 2.38. The first-order valence-corrected chi connectivity index (χ1v) is 5.52. The van der Waals surface area contributed by atoms with Crippen molar-refractivity contribution in [1.82, 2.24) is 0 Å². The summed E-state index contributed by atoms with van der Waals surface area (Å²) in [6.07, 6.45) is 0. The minimum Gasteiger partial charge on any atom is -0.293 e. The fourth-order valence-electron chi connectivity index (χ4n) is 0.932. The largest absolute Gasteiger partial charge is 0.293 e. The van der Waals surface area contributed by atoms with Crippen LogP contribution in [0.25, 0.3) is 0 Å². The average molecular weight is 310 g/mol. The van der Waals surface area contributed by atoms with Gasteiger partial charge in [0.2, 0.25) is 0 Å². The molecule has 0 bridgehead atoms. The third-order valence-corrected chi connectivity index (χ3v) is 3.03. The SMILES string of the molecule is Cc1cc(F)c(C(=O)CBr)cc1Br. The Morgan fingerprint density at radius 3 is 2.69 bits per heavy atom. The van der Waals surface area contributed by atoms with Crippen molar-refractivity contribution in [2.24, 2.45) is 0 Å². The second kappa shape index (κ2) is 4.33. The second-order valence-electron chi connectivity index (χ2n) is 2.64. The van der Waals surface area contributed by atoms with Crippen molar-refractivity contribution in [3.05, 3.63) is 33.5 Å². The monoisotopic (exact) mass is 308 g/mol. The summed E-state index contributed by atoms with van der Waals surface area (Å²) in [6.45, 7) is 1.77. The van der Waals surface area contributed by atoms with E-state index in [0.29, 0.717) is 0 Å². The van der Waals surface area contributed by atoms with Crippen LogP contribution in [-0.2, 0) is 0 Å². The Bertz CT molecular complexity index is 350. The molecule has 1 rings (SSSR count). The van der Waals surface area contributed by atoms with Crippen LogP contribution >= 0.6 is 31.9 Å². The van der Waals surface area contributed by atoms with Crippen molar-refractivity contribution in [1.29, 1.82) is 0 Å². The van der Waals surface area contributed by atoms with Crippen LogP contribution in [0.15, 0.2) is 16.6 Å². The number of benzene rings is 1. The Kier molecular flexibility index (Phi) is 3.62. The number of hydrogen-bond donors (Lipinski definition) is 0. The van der Waals surface area contributed by atoms with E-state index in [1.807, 2.05) is 0 Å². The smallest absolute Gasteiger partial charge is 0.176 e. The lowest BCUT2D eigenvalue weighted by Crippen LogP contribution is -2.03. The summed E-state index contributed by atoms with van der Waals surface area (Å²) >= 11 is 6.24. The van der Waals surface area contributed by atoms with E-state index in [-0.39, 0.29) is 16.7 Å². The van der Waals surface area contributed by atoms with Gasteiger partial charge in [-0.25, -0.2) is 4.39 Å². The van der Waals surface area contributed by atoms with Gasteiger partial charge in [-0.15, -0.1) is 0 Å². The van der Waals surface area contributed by atoms with E-state index in [9.17, 15) is 9.18 Å². The molecule has 13 heavy (non-hydrogen) atoms. The zero-order valence-corrected chi connectivity index (χ0v) is 10.1. The Morgan fingerprint density at radius 2 is 2.15 bits per heavy atom. The van der Waals surface area contributed by atoms with Crippen LogP contribution in [-0.4, -0.2) is 11.1 Å². The van der Waals surface area contributed by atoms with E-state index in [1.165, 1.54) is 12.1 Å². The van der Waals surface area contributed by atoms with Crippen LogP contribution in [0.2, 0.25) is 0 Å². The molecule has 0 aliphatic heterocycles. The van der Waals surface area contributed by atoms with Gasteiger partial charge in [0.1, 0.15) is 5.82 Å². The number of hydrogen-bond acceptors (Lipinski definition) is 1. The molecule has 1 aromatic carbocycles. The maximum Gasteiger partial charge on any atom is 0.176 e. The summed E-state index contributed by atoms with van der Waals surface area (Å²) in [5.74, 6) is -0.719. The highest BCUT2D eigenvalue weighted by atomic mass is 79.9. The predicted octanol–water partition coefficient (Wildman–Crippen LogP) is 3.47. The first-order chi connectivity index (χ1) is 6.06. The van der Waals surface area contributed by atoms with Gasteiger partial charge in [0.25, 0.3) is 0 Å². The van der Waals surface area contributed by atoms with Crippen LogP contribution in [0.1, 0.15) is 15.9 Å². The summed E-state index contributed by atoms with van der Waals surface area (Å²) in [5.41, 5.74) is 0.901. The zero-order valence-electron chi connectivity index (χ0n) is 6.90. The molecule has 0 amide bonds. The molecular formula is C9H7Br2FO. The van der Waals surface area contributed by atoms with Crippen LogP contribution in [0.4, 0.5) is 4.39 Å². The summed E-state index contributed by atoms with van der Waals surface area (Å²) in [4.78, 5) is 11.2. The lowest BCUT2D eigenvalue weighted by Gasteiger charge is -2.03. The molecule has 0 aliphatic rings. The van der Waals surface area contributed by atoms with Gasteiger partial charge in [0.05, 0.1) is 10.9 Å². The normalized spacial score (nSPS) is 10.2. The zero-order chi connectivity index (χ0) is 10.0. The molecule has 70 valence electrons. The van der Waals surface area contributed by atoms with Crippen molar-refractivity contribution >= 4 is 37.6 Å². The molecule has 0 spiro atoms. The summed E-state index contributed by atoms with van der Waals surface area (Å²) in [5, 5.41) is 0.138. The molecule has 1 nitrogen and oxygen atoms in total. The fourth-order valence-corrected chi connectivity index (χ4v) is 1.58. The fraction of sp³-hybridized carbons (Fsp3) is 0.222. The van der Waals surface area contributed by atoms with Gasteiger partial charge in [-0.1, -0.05) is 31.9 Å². The highest BCUT2D eigenvalue weighted by Gasteiger charge is 2.11. The summed E-state index contributed by atoms with van der Waals surface area (Å²) < 4.78 is 14.0. The number of alkyl halides is 1. The quantitative estimate of drug-likeness (QED) is 0.604. The minimum atomic E-state index is -0.467. The van der Waals surface area contributed by atoms with E-state index < -0.39 is 5.82 Å². The number of carbonyl (C=O) groups excluding carboxylic acids is 1. The molecule has 0 N–H and O–H groups in total. The Hall–Kier alpha value is -0.220. The number of aryl methyl sites for hydroxylation is 1. The first kappa shape index (κ1) is 10.9. The van der Waals surface area contributed by atoms with Gasteiger partial charge in [-0.2, -0.15) is 0 Å². The van der Waals surface area contributed by atoms with Crippen molar-refractivity contribution in [2.45, 2.75) is 6.92 Å². The number of Topliss-reactive ketones (excluding diaryl/α,β-unsaturated/α-hetero) is 1. The second-order valence-corrected chi connectivity index (χ2v) is 4.05. The van der Waals surface area contributed by atoms with Crippen molar-refractivity contribution in [3.8, 4) is 0 Å². The molecule has 4 heteroatoms. The molecule has 0 atom stereocenters. The summed E-state index contributed by atoms with van der Waals surface area (Å²) in [6, 6.07) is 2.86. The number of halogens is 3. The van der Waals surface area contributed by atoms with E-state index in [2.05, 4.69) is 31.9 Å². The number of ketones is 1. The van der Waals surface area contributed by atoms with Crippen LogP contribution in [0.5, 0.6) is 0 Å². The van der Waals surface area contributed by atoms with Gasteiger partial charge in [-0.05, 0) is 24.6 Å². The number of rotatable bonds is 2. The molecule has 1 aromatic rings. The van der Waals surface area contributed by atoms with Crippen molar-refractivity contribution in [2.75, 3.05) is 5.33 Å². The molecule has 0 fully saturated rings. The number of carbonyl (C=O) groups is 1. The van der Waals surface area contributed by atoms with Crippen LogP contribution in [0.3, 0.4) is 0 Å². The minimum absolute atomic E-state index is 0.120. The van der Waals surface area contributed by atoms with Gasteiger partial charge < -0.3 is 0 Å². The topological polar surface area (TPSA) is 17.1 Å². The molecule has 0 saturated carbocycles. The van der Waals surface area contributed by atoms with E-state index in [4.69, 9.17) is 0 Å². The van der Waals surface area contributed by atoms with Gasteiger partial charge >= 0.3 is 0 Å². The van der Waals surface area contributed by atoms with E-state index in [0.717, 1.165) is 10.0 Å². The maximum absolute atomic E-state index is 13.2. The Labute approximate surface area is 92.6 Å². The lowest BCUT2D eigenvalue weighted by molar-refractivity contribution is 0.102. The van der Waals surface area contributed by atoms with Crippen molar-refractivity contribution in [3.63, 3.8) is 0 Å². The molecule has 0 radical (unpaired) electrons. The van der Waals surface area contributed by atoms with E-state index in [1.54, 1.807) is 6.92 Å². The van der Waals surface area contributed by atoms with Crippen LogP contribution in [0, 0.1) is 12.7 Å². The van der Waals surface area contributed by atoms with Crippen molar-refractivity contribution < 1.29 is 9.18 Å². The van der Waals surface area contributed by atoms with Gasteiger partial charge in [0, 0.05) is 4.47 Å². The Morgan fingerprint density at radius 1 is 1.54 bits per heavy atom. The average Bonchev–Trinajstić information content (AvgIpc) is 2.10. The standard InChI is InChI=1S/C9H7Br2FO/c1-5-2-8(12)6(3-7(5)11)9(13)4-10/h2-3H,4H2,1H3. The maximum atomic E-state index is 13.2. The molecular weight excluding hydrogens is 303 g/mol. The van der Waals surface area contributed by atoms with E-state index >= 15 is 0 Å². The molecule has 0 aromatic heterocycles. The lowest BCUT2D eigenvalue weighted by atomic mass is 10.1. The highest BCUT2D eigenvalue weighted by Crippen LogP contribution is 2.21. The highest BCUT2D eigenvalue weighted by molar-refractivity contribution is 9.10. The first-order valence-electron chi connectivity index (χ1n) is 3.61. The Balaban J connectivity index is 3.23. The third-order valence-electron chi connectivity index (χ3n) is 1.67. The van der Waals surface area contributed by atoms with Crippen LogP contribution < -0.4 is 0 Å². The molecule has 0 aliphatic carbocycles. The molecule has 0 unspecified atom stereocenters. The predicted molar refractivity (Wildman–Crippen MR) is 57.0 cm³/mol.